The van der Waals surface area contributed by atoms with Crippen molar-refractivity contribution < 1.29 is 9.59 Å². The first-order valence-corrected chi connectivity index (χ1v) is 9.41. The van der Waals surface area contributed by atoms with E-state index in [1.807, 2.05) is 42.2 Å². The summed E-state index contributed by atoms with van der Waals surface area (Å²) in [5.41, 5.74) is 7.26. The Morgan fingerprint density at radius 1 is 1.31 bits per heavy atom. The van der Waals surface area contributed by atoms with Crippen molar-refractivity contribution >= 4 is 24.2 Å². The van der Waals surface area contributed by atoms with E-state index < -0.39 is 0 Å². The highest BCUT2D eigenvalue weighted by Gasteiger charge is 2.32. The lowest BCUT2D eigenvalue weighted by molar-refractivity contribution is -0.139. The highest BCUT2D eigenvalue weighted by molar-refractivity contribution is 5.85. The van der Waals surface area contributed by atoms with Crippen LogP contribution in [-0.4, -0.2) is 36.3 Å². The Morgan fingerprint density at radius 2 is 2.00 bits per heavy atom. The predicted octanol–water partition coefficient (Wildman–Crippen LogP) is 2.90. The molecule has 3 N–H and O–H groups in total. The van der Waals surface area contributed by atoms with E-state index in [1.165, 1.54) is 0 Å². The van der Waals surface area contributed by atoms with Crippen molar-refractivity contribution in [2.75, 3.05) is 19.6 Å². The van der Waals surface area contributed by atoms with Crippen molar-refractivity contribution in [3.63, 3.8) is 0 Å². The van der Waals surface area contributed by atoms with Crippen LogP contribution in [-0.2, 0) is 9.59 Å². The van der Waals surface area contributed by atoms with Crippen LogP contribution in [0.4, 0.5) is 0 Å². The summed E-state index contributed by atoms with van der Waals surface area (Å²) in [5.74, 6) is -0.285. The summed E-state index contributed by atoms with van der Waals surface area (Å²) >= 11 is 0. The van der Waals surface area contributed by atoms with Crippen LogP contribution in [0.3, 0.4) is 0 Å². The second kappa shape index (κ2) is 11.2. The Bertz CT molecular complexity index is 567. The number of carbonyl (C=O) groups is 2. The van der Waals surface area contributed by atoms with Crippen molar-refractivity contribution in [2.45, 2.75) is 45.6 Å². The summed E-state index contributed by atoms with van der Waals surface area (Å²) in [5, 5.41) is 2.99. The van der Waals surface area contributed by atoms with Crippen LogP contribution in [0, 0.1) is 11.8 Å². The molecule has 0 aliphatic carbocycles. The van der Waals surface area contributed by atoms with Crippen molar-refractivity contribution in [3.05, 3.63) is 35.9 Å². The number of likely N-dealkylation sites (tertiary alicyclic amines) is 1. The topological polar surface area (TPSA) is 75.4 Å². The Hall–Kier alpha value is -1.59. The number of amides is 2. The van der Waals surface area contributed by atoms with Gasteiger partial charge < -0.3 is 16.0 Å². The van der Waals surface area contributed by atoms with Crippen molar-refractivity contribution in [2.24, 2.45) is 17.6 Å². The van der Waals surface area contributed by atoms with Crippen LogP contribution in [0.5, 0.6) is 0 Å². The van der Waals surface area contributed by atoms with Gasteiger partial charge in [0, 0.05) is 25.7 Å². The normalized spacial score (nSPS) is 19.2. The molecule has 3 unspecified atom stereocenters. The maximum absolute atomic E-state index is 12.9. The lowest BCUT2D eigenvalue weighted by atomic mass is 9.91. The second-order valence-electron chi connectivity index (χ2n) is 6.99. The first kappa shape index (κ1) is 22.5. The van der Waals surface area contributed by atoms with Gasteiger partial charge in [0.05, 0.1) is 11.8 Å². The van der Waals surface area contributed by atoms with E-state index in [1.54, 1.807) is 0 Å². The summed E-state index contributed by atoms with van der Waals surface area (Å²) in [7, 11) is 0. The monoisotopic (exact) mass is 381 g/mol. The van der Waals surface area contributed by atoms with Crippen LogP contribution >= 0.6 is 12.4 Å². The summed E-state index contributed by atoms with van der Waals surface area (Å²) < 4.78 is 0. The van der Waals surface area contributed by atoms with Crippen molar-refractivity contribution in [3.8, 4) is 0 Å². The summed E-state index contributed by atoms with van der Waals surface area (Å²) in [6, 6.07) is 9.39. The molecule has 2 rings (SSSR count). The van der Waals surface area contributed by atoms with Crippen LogP contribution in [0.15, 0.2) is 30.3 Å². The SMILES string of the molecule is CCCCNC(=O)C1CCCN(C(=O)C(C)C(N)c2ccccc2)C1.Cl. The highest BCUT2D eigenvalue weighted by Crippen LogP contribution is 2.24. The number of nitrogens with one attached hydrogen (secondary N) is 1. The largest absolute Gasteiger partial charge is 0.356 e. The number of halogens is 1. The van der Waals surface area contributed by atoms with E-state index in [4.69, 9.17) is 5.73 Å². The second-order valence-corrected chi connectivity index (χ2v) is 6.99. The van der Waals surface area contributed by atoms with E-state index in [9.17, 15) is 9.59 Å². The van der Waals surface area contributed by atoms with Gasteiger partial charge in [-0.25, -0.2) is 0 Å². The number of carbonyl (C=O) groups excluding carboxylic acids is 2. The molecule has 146 valence electrons. The third-order valence-corrected chi connectivity index (χ3v) is 5.05. The van der Waals surface area contributed by atoms with Gasteiger partial charge in [0.25, 0.3) is 0 Å². The third kappa shape index (κ3) is 5.99. The zero-order valence-corrected chi connectivity index (χ0v) is 16.6. The number of rotatable bonds is 7. The van der Waals surface area contributed by atoms with Crippen LogP contribution < -0.4 is 11.1 Å². The molecular formula is C20H32ClN3O2. The Balaban J connectivity index is 0.00000338. The van der Waals surface area contributed by atoms with Gasteiger partial charge in [0.1, 0.15) is 0 Å². The van der Waals surface area contributed by atoms with E-state index in [0.29, 0.717) is 13.1 Å². The quantitative estimate of drug-likeness (QED) is 0.713. The number of unbranched alkanes of at least 4 members (excludes halogenated alkanes) is 1. The predicted molar refractivity (Wildman–Crippen MR) is 107 cm³/mol. The number of piperidine rings is 1. The van der Waals surface area contributed by atoms with E-state index in [-0.39, 0.29) is 42.1 Å². The molecule has 1 heterocycles. The van der Waals surface area contributed by atoms with Gasteiger partial charge in [-0.15, -0.1) is 12.4 Å². The minimum atomic E-state index is -0.326. The number of hydrogen-bond acceptors (Lipinski definition) is 3. The van der Waals surface area contributed by atoms with Crippen LogP contribution in [0.25, 0.3) is 0 Å². The number of benzene rings is 1. The van der Waals surface area contributed by atoms with Gasteiger partial charge in [-0.2, -0.15) is 0 Å². The molecule has 6 heteroatoms. The number of hydrogen-bond donors (Lipinski definition) is 2. The molecule has 0 saturated carbocycles. The molecule has 1 aliphatic heterocycles. The Labute approximate surface area is 163 Å². The molecule has 1 fully saturated rings. The van der Waals surface area contributed by atoms with E-state index >= 15 is 0 Å². The van der Waals surface area contributed by atoms with Crippen LogP contribution in [0.1, 0.15) is 51.1 Å². The molecule has 0 aromatic heterocycles. The molecule has 0 bridgehead atoms. The van der Waals surface area contributed by atoms with Gasteiger partial charge in [0.2, 0.25) is 11.8 Å². The van der Waals surface area contributed by atoms with Crippen molar-refractivity contribution in [1.82, 2.24) is 10.2 Å². The molecule has 3 atom stereocenters. The molecule has 1 aromatic carbocycles. The lowest BCUT2D eigenvalue weighted by Crippen LogP contribution is -2.48. The summed E-state index contributed by atoms with van der Waals surface area (Å²) in [6.45, 7) is 5.91. The maximum atomic E-state index is 12.9. The van der Waals surface area contributed by atoms with Gasteiger partial charge in [0.15, 0.2) is 0 Å². The number of nitrogens with two attached hydrogens (primary N) is 1. The van der Waals surface area contributed by atoms with Crippen molar-refractivity contribution in [1.29, 1.82) is 0 Å². The maximum Gasteiger partial charge on any atom is 0.227 e. The molecule has 1 aromatic rings. The first-order chi connectivity index (χ1) is 12.0. The molecule has 2 amide bonds. The molecule has 5 nitrogen and oxygen atoms in total. The van der Waals surface area contributed by atoms with Gasteiger partial charge >= 0.3 is 0 Å². The average molecular weight is 382 g/mol. The third-order valence-electron chi connectivity index (χ3n) is 5.05. The molecule has 1 saturated heterocycles. The van der Waals surface area contributed by atoms with E-state index in [0.717, 1.165) is 37.8 Å². The fraction of sp³-hybridized carbons (Fsp3) is 0.600. The zero-order chi connectivity index (χ0) is 18.2. The smallest absolute Gasteiger partial charge is 0.227 e. The van der Waals surface area contributed by atoms with Gasteiger partial charge in [-0.1, -0.05) is 50.6 Å². The standard InChI is InChI=1S/C20H31N3O2.ClH/c1-3-4-12-22-19(24)17-11-8-13-23(14-17)20(25)15(2)18(21)16-9-6-5-7-10-16;/h5-7,9-10,15,17-18H,3-4,8,11-14,21H2,1-2H3,(H,22,24);1H. The van der Waals surface area contributed by atoms with E-state index in [2.05, 4.69) is 12.2 Å². The van der Waals surface area contributed by atoms with Gasteiger partial charge in [-0.3, -0.25) is 9.59 Å². The lowest BCUT2D eigenvalue weighted by Gasteiger charge is -2.35. The Kier molecular flexibility index (Phi) is 9.66. The zero-order valence-electron chi connectivity index (χ0n) is 15.8. The molecule has 0 spiro atoms. The minimum Gasteiger partial charge on any atom is -0.356 e. The Morgan fingerprint density at radius 3 is 2.65 bits per heavy atom. The first-order valence-electron chi connectivity index (χ1n) is 9.41. The molecule has 0 radical (unpaired) electrons. The average Bonchev–Trinajstić information content (AvgIpc) is 2.67. The highest BCUT2D eigenvalue weighted by atomic mass is 35.5. The molecule has 26 heavy (non-hydrogen) atoms. The molecular weight excluding hydrogens is 350 g/mol. The summed E-state index contributed by atoms with van der Waals surface area (Å²) in [6.07, 6.45) is 3.76. The number of nitrogens with zero attached hydrogens (tertiary/aromatic N) is 1. The van der Waals surface area contributed by atoms with Gasteiger partial charge in [-0.05, 0) is 24.8 Å². The fourth-order valence-electron chi connectivity index (χ4n) is 3.33. The fourth-order valence-corrected chi connectivity index (χ4v) is 3.33. The van der Waals surface area contributed by atoms with Crippen LogP contribution in [0.2, 0.25) is 0 Å². The minimum absolute atomic E-state index is 0. The summed E-state index contributed by atoms with van der Waals surface area (Å²) in [4.78, 5) is 27.0. The molecule has 1 aliphatic rings.